The van der Waals surface area contributed by atoms with Crippen molar-refractivity contribution in [3.63, 3.8) is 0 Å². The Hall–Kier alpha value is -1.62. The first-order valence-corrected chi connectivity index (χ1v) is 4.60. The van der Waals surface area contributed by atoms with E-state index in [0.29, 0.717) is 6.61 Å². The van der Waals surface area contributed by atoms with Gasteiger partial charge in [-0.25, -0.2) is 0 Å². The zero-order chi connectivity index (χ0) is 11.1. The molecular weight excluding hydrogens is 198 g/mol. The summed E-state index contributed by atoms with van der Waals surface area (Å²) in [6, 6.07) is 0. The molecule has 0 aromatic rings. The van der Waals surface area contributed by atoms with E-state index in [9.17, 15) is 9.59 Å². The van der Waals surface area contributed by atoms with Gasteiger partial charge < -0.3 is 15.2 Å². The summed E-state index contributed by atoms with van der Waals surface area (Å²) in [6.45, 7) is 0.144. The number of hydrogen-bond donors (Lipinski definition) is 2. The van der Waals surface area contributed by atoms with Crippen LogP contribution in [0.4, 0.5) is 0 Å². The number of nitrogens with one attached hydrogen (secondary N) is 1. The summed E-state index contributed by atoms with van der Waals surface area (Å²) in [5.41, 5.74) is 0.889. The molecule has 0 unspecified atom stereocenters. The predicted octanol–water partition coefficient (Wildman–Crippen LogP) is 0.438. The van der Waals surface area contributed by atoms with Crippen molar-refractivity contribution in [3.05, 3.63) is 24.0 Å². The van der Waals surface area contributed by atoms with Crippen LogP contribution in [0.25, 0.3) is 0 Å². The van der Waals surface area contributed by atoms with Crippen molar-refractivity contribution in [1.29, 1.82) is 0 Å². The highest BCUT2D eigenvalue weighted by Crippen LogP contribution is 2.00. The third-order valence-corrected chi connectivity index (χ3v) is 1.76. The number of hydrogen-bond acceptors (Lipinski definition) is 4. The standard InChI is InChI=1S/C10H13NO4/c12-9(5-10(13)14)7-15-6-8-3-1-2-4-11-8/h2-4,11H,1,5-7H2,(H,13,14). The highest BCUT2D eigenvalue weighted by Gasteiger charge is 2.08. The molecule has 2 N–H and O–H groups in total. The molecule has 0 spiro atoms. The van der Waals surface area contributed by atoms with Gasteiger partial charge in [0.25, 0.3) is 0 Å². The molecule has 0 aromatic heterocycles. The number of ketones is 1. The molecule has 5 heteroatoms. The van der Waals surface area contributed by atoms with Crippen molar-refractivity contribution in [2.45, 2.75) is 12.8 Å². The number of carbonyl (C=O) groups excluding carboxylic acids is 1. The van der Waals surface area contributed by atoms with Crippen molar-refractivity contribution < 1.29 is 19.4 Å². The lowest BCUT2D eigenvalue weighted by molar-refractivity contribution is -0.141. The molecule has 0 fully saturated rings. The average Bonchev–Trinajstić information content (AvgIpc) is 2.18. The van der Waals surface area contributed by atoms with Crippen molar-refractivity contribution in [2.24, 2.45) is 0 Å². The first-order chi connectivity index (χ1) is 7.18. The fourth-order valence-electron chi connectivity index (χ4n) is 1.10. The van der Waals surface area contributed by atoms with Crippen LogP contribution < -0.4 is 5.32 Å². The first kappa shape index (κ1) is 11.5. The quantitative estimate of drug-likeness (QED) is 0.623. The monoisotopic (exact) mass is 211 g/mol. The van der Waals surface area contributed by atoms with Crippen molar-refractivity contribution in [3.8, 4) is 0 Å². The summed E-state index contributed by atoms with van der Waals surface area (Å²) >= 11 is 0. The number of carboxylic acids is 1. The molecule has 82 valence electrons. The SMILES string of the molecule is O=C(O)CC(=O)COCC1=CCC=CN1. The van der Waals surface area contributed by atoms with E-state index < -0.39 is 18.2 Å². The first-order valence-electron chi connectivity index (χ1n) is 4.60. The van der Waals surface area contributed by atoms with E-state index in [-0.39, 0.29) is 6.61 Å². The van der Waals surface area contributed by atoms with Crippen LogP contribution >= 0.6 is 0 Å². The number of Topliss-reactive ketones (excluding diaryl/α,β-unsaturated/α-hetero) is 1. The van der Waals surface area contributed by atoms with E-state index in [4.69, 9.17) is 9.84 Å². The fraction of sp³-hybridized carbons (Fsp3) is 0.400. The summed E-state index contributed by atoms with van der Waals surface area (Å²) < 4.78 is 5.06. The van der Waals surface area contributed by atoms with Crippen LogP contribution in [0.5, 0.6) is 0 Å². The van der Waals surface area contributed by atoms with Crippen molar-refractivity contribution in [2.75, 3.05) is 13.2 Å². The van der Waals surface area contributed by atoms with E-state index in [2.05, 4.69) is 5.32 Å². The number of dihydropyridines is 1. The molecule has 15 heavy (non-hydrogen) atoms. The van der Waals surface area contributed by atoms with Gasteiger partial charge >= 0.3 is 5.97 Å². The maximum Gasteiger partial charge on any atom is 0.310 e. The van der Waals surface area contributed by atoms with Crippen LogP contribution in [-0.2, 0) is 14.3 Å². The molecule has 0 atom stereocenters. The summed E-state index contributed by atoms with van der Waals surface area (Å²) in [7, 11) is 0. The second kappa shape index (κ2) is 5.98. The minimum Gasteiger partial charge on any atom is -0.481 e. The maximum absolute atomic E-state index is 10.9. The molecule has 1 rings (SSSR count). The minimum absolute atomic E-state index is 0.158. The van der Waals surface area contributed by atoms with Crippen LogP contribution in [0, 0.1) is 0 Å². The zero-order valence-electron chi connectivity index (χ0n) is 8.23. The lowest BCUT2D eigenvalue weighted by Crippen LogP contribution is -2.18. The van der Waals surface area contributed by atoms with Gasteiger partial charge in [0.15, 0.2) is 5.78 Å². The Morgan fingerprint density at radius 3 is 2.93 bits per heavy atom. The number of carbonyl (C=O) groups is 2. The molecule has 0 amide bonds. The van der Waals surface area contributed by atoms with Crippen LogP contribution in [0.2, 0.25) is 0 Å². The van der Waals surface area contributed by atoms with Gasteiger partial charge in [-0.3, -0.25) is 9.59 Å². The summed E-state index contributed by atoms with van der Waals surface area (Å²) in [5, 5.41) is 11.3. The van der Waals surface area contributed by atoms with E-state index in [1.807, 2.05) is 12.2 Å². The molecule has 0 aromatic carbocycles. The van der Waals surface area contributed by atoms with Crippen LogP contribution in [0.1, 0.15) is 12.8 Å². The number of rotatable bonds is 6. The normalized spacial score (nSPS) is 14.3. The second-order valence-electron chi connectivity index (χ2n) is 3.11. The predicted molar refractivity (Wildman–Crippen MR) is 53.1 cm³/mol. The highest BCUT2D eigenvalue weighted by atomic mass is 16.5. The molecular formula is C10H13NO4. The highest BCUT2D eigenvalue weighted by molar-refractivity contribution is 5.95. The van der Waals surface area contributed by atoms with E-state index in [0.717, 1.165) is 12.1 Å². The maximum atomic E-state index is 10.9. The molecule has 0 saturated heterocycles. The molecule has 0 saturated carbocycles. The van der Waals surface area contributed by atoms with Gasteiger partial charge in [-0.2, -0.15) is 0 Å². The Bertz CT molecular complexity index is 307. The Morgan fingerprint density at radius 2 is 2.33 bits per heavy atom. The van der Waals surface area contributed by atoms with E-state index in [1.54, 1.807) is 6.20 Å². The van der Waals surface area contributed by atoms with Gasteiger partial charge in [0.05, 0.1) is 6.61 Å². The van der Waals surface area contributed by atoms with Crippen LogP contribution in [0.3, 0.4) is 0 Å². The Kier molecular flexibility index (Phi) is 4.56. The van der Waals surface area contributed by atoms with Crippen molar-refractivity contribution in [1.82, 2.24) is 5.32 Å². The number of ether oxygens (including phenoxy) is 1. The summed E-state index contributed by atoms with van der Waals surface area (Å²) in [5.74, 6) is -1.55. The zero-order valence-corrected chi connectivity index (χ0v) is 8.23. The van der Waals surface area contributed by atoms with Crippen LogP contribution in [-0.4, -0.2) is 30.1 Å². The Balaban J connectivity index is 2.13. The number of carboxylic acid groups (broad SMARTS) is 1. The molecule has 1 aliphatic heterocycles. The van der Waals surface area contributed by atoms with Gasteiger partial charge in [-0.05, 0) is 12.6 Å². The van der Waals surface area contributed by atoms with Crippen LogP contribution in [0.15, 0.2) is 24.0 Å². The molecule has 1 aliphatic rings. The largest absolute Gasteiger partial charge is 0.481 e. The third kappa shape index (κ3) is 4.97. The fourth-order valence-corrected chi connectivity index (χ4v) is 1.10. The number of aliphatic carboxylic acids is 1. The minimum atomic E-state index is -1.12. The molecule has 0 bridgehead atoms. The Morgan fingerprint density at radius 1 is 1.53 bits per heavy atom. The summed E-state index contributed by atoms with van der Waals surface area (Å²) in [4.78, 5) is 21.1. The molecule has 1 heterocycles. The van der Waals surface area contributed by atoms with E-state index in [1.165, 1.54) is 0 Å². The average molecular weight is 211 g/mol. The van der Waals surface area contributed by atoms with Gasteiger partial charge in [0.2, 0.25) is 0 Å². The van der Waals surface area contributed by atoms with Gasteiger partial charge in [0.1, 0.15) is 13.0 Å². The van der Waals surface area contributed by atoms with Gasteiger partial charge in [0, 0.05) is 5.70 Å². The molecule has 0 aliphatic carbocycles. The van der Waals surface area contributed by atoms with Gasteiger partial charge in [-0.15, -0.1) is 0 Å². The summed E-state index contributed by atoms with van der Waals surface area (Å²) in [6.07, 6.45) is 6.07. The second-order valence-corrected chi connectivity index (χ2v) is 3.11. The van der Waals surface area contributed by atoms with Crippen molar-refractivity contribution >= 4 is 11.8 Å². The van der Waals surface area contributed by atoms with E-state index >= 15 is 0 Å². The smallest absolute Gasteiger partial charge is 0.310 e. The Labute approximate surface area is 87.4 Å². The lowest BCUT2D eigenvalue weighted by Gasteiger charge is -2.10. The lowest BCUT2D eigenvalue weighted by atomic mass is 10.2. The molecule has 5 nitrogen and oxygen atoms in total. The van der Waals surface area contributed by atoms with Gasteiger partial charge in [-0.1, -0.05) is 12.2 Å². The number of allylic oxidation sites excluding steroid dienone is 2. The third-order valence-electron chi connectivity index (χ3n) is 1.76. The molecule has 0 radical (unpaired) electrons. The topological polar surface area (TPSA) is 75.6 Å².